The number of allylic oxidation sites excluding steroid dienone is 4. The average Bonchev–Trinajstić information content (AvgIpc) is 2.70. The third-order valence-corrected chi connectivity index (χ3v) is 5.11. The van der Waals surface area contributed by atoms with Crippen molar-refractivity contribution in [2.75, 3.05) is 0 Å². The van der Waals surface area contributed by atoms with Crippen LogP contribution in [0.4, 0.5) is 0 Å². The normalized spacial score (nSPS) is 38.6. The zero-order valence-corrected chi connectivity index (χ0v) is 14.7. The lowest BCUT2D eigenvalue weighted by atomic mass is 9.83. The Morgan fingerprint density at radius 2 is 1.87 bits per heavy atom. The molecule has 1 heterocycles. The van der Waals surface area contributed by atoms with E-state index in [0.29, 0.717) is 18.4 Å². The Labute approximate surface area is 140 Å². The maximum atomic E-state index is 11.9. The van der Waals surface area contributed by atoms with E-state index in [2.05, 4.69) is 32.6 Å². The van der Waals surface area contributed by atoms with Crippen LogP contribution in [-0.4, -0.2) is 22.8 Å². The van der Waals surface area contributed by atoms with Crippen molar-refractivity contribution in [1.82, 2.24) is 0 Å². The average molecular weight is 318 g/mol. The Kier molecular flexibility index (Phi) is 5.85. The Morgan fingerprint density at radius 3 is 2.61 bits per heavy atom. The summed E-state index contributed by atoms with van der Waals surface area (Å²) in [7, 11) is 0. The largest absolute Gasteiger partial charge is 0.458 e. The molecule has 1 N–H and O–H groups in total. The summed E-state index contributed by atoms with van der Waals surface area (Å²) in [5.41, 5.74) is 2.48. The second-order valence-corrected chi connectivity index (χ2v) is 7.49. The highest BCUT2D eigenvalue weighted by Crippen LogP contribution is 2.37. The van der Waals surface area contributed by atoms with E-state index in [1.54, 1.807) is 0 Å². The van der Waals surface area contributed by atoms with E-state index < -0.39 is 5.60 Å². The SMILES string of the molecule is C=C1C(=O)O[C@@H]2C[C@@](C)(O)CC/C=C(\C)CC/C=C(\C)CCC12. The first-order valence-corrected chi connectivity index (χ1v) is 8.72. The highest BCUT2D eigenvalue weighted by atomic mass is 16.6. The molecule has 1 saturated heterocycles. The van der Waals surface area contributed by atoms with Crippen molar-refractivity contribution in [2.24, 2.45) is 5.92 Å². The van der Waals surface area contributed by atoms with Gasteiger partial charge in [-0.1, -0.05) is 29.9 Å². The predicted molar refractivity (Wildman–Crippen MR) is 93.0 cm³/mol. The monoisotopic (exact) mass is 318 g/mol. The molecule has 1 aliphatic carbocycles. The molecule has 1 unspecified atom stereocenters. The van der Waals surface area contributed by atoms with E-state index in [9.17, 15) is 9.90 Å². The molecule has 0 saturated carbocycles. The number of carbonyl (C=O) groups excluding carboxylic acids is 1. The Hall–Kier alpha value is -1.35. The number of ether oxygens (including phenoxy) is 1. The molecule has 0 amide bonds. The van der Waals surface area contributed by atoms with Gasteiger partial charge in [-0.25, -0.2) is 4.79 Å². The molecule has 0 bridgehead atoms. The summed E-state index contributed by atoms with van der Waals surface area (Å²) in [5, 5.41) is 10.7. The van der Waals surface area contributed by atoms with Crippen molar-refractivity contribution in [1.29, 1.82) is 0 Å². The number of hydrogen-bond acceptors (Lipinski definition) is 3. The number of esters is 1. The second kappa shape index (κ2) is 7.48. The number of fused-ring (bicyclic) bond motifs is 1. The van der Waals surface area contributed by atoms with Crippen molar-refractivity contribution in [2.45, 2.75) is 77.4 Å². The third-order valence-electron chi connectivity index (χ3n) is 5.11. The molecule has 3 atom stereocenters. The van der Waals surface area contributed by atoms with Crippen molar-refractivity contribution in [3.63, 3.8) is 0 Å². The topological polar surface area (TPSA) is 46.5 Å². The van der Waals surface area contributed by atoms with Crippen molar-refractivity contribution in [3.8, 4) is 0 Å². The zero-order chi connectivity index (χ0) is 17.0. The standard InChI is InChI=1S/C20H30O3/c1-14-7-5-8-15(2)10-11-17-16(3)19(21)23-18(17)13-20(4,22)12-6-9-14/h8-9,17-18,22H,3,5-7,10-13H2,1-2,4H3/b14-9+,15-8+/t17?,18-,20+/m1/s1. The maximum absolute atomic E-state index is 11.9. The van der Waals surface area contributed by atoms with Gasteiger partial charge in [-0.2, -0.15) is 0 Å². The lowest BCUT2D eigenvalue weighted by molar-refractivity contribution is -0.141. The molecule has 0 aromatic carbocycles. The van der Waals surface area contributed by atoms with E-state index in [1.807, 2.05) is 6.92 Å². The number of rotatable bonds is 0. The highest BCUT2D eigenvalue weighted by molar-refractivity contribution is 5.90. The number of hydrogen-bond donors (Lipinski definition) is 1. The Balaban J connectivity index is 2.18. The molecular formula is C20H30O3. The van der Waals surface area contributed by atoms with Crippen LogP contribution in [0.3, 0.4) is 0 Å². The van der Waals surface area contributed by atoms with Crippen molar-refractivity contribution >= 4 is 5.97 Å². The minimum atomic E-state index is -0.820. The molecule has 2 aliphatic rings. The van der Waals surface area contributed by atoms with Gasteiger partial charge in [0, 0.05) is 17.9 Å². The minimum absolute atomic E-state index is 0.0255. The summed E-state index contributed by atoms with van der Waals surface area (Å²) in [6, 6.07) is 0. The lowest BCUT2D eigenvalue weighted by Crippen LogP contribution is -2.32. The molecule has 0 aromatic rings. The van der Waals surface area contributed by atoms with Gasteiger partial charge in [-0.05, 0) is 59.3 Å². The predicted octanol–water partition coefficient (Wildman–Crippen LogP) is 4.47. The van der Waals surface area contributed by atoms with Crippen LogP contribution in [0.2, 0.25) is 0 Å². The molecule has 1 aliphatic heterocycles. The fourth-order valence-corrected chi connectivity index (χ4v) is 3.51. The van der Waals surface area contributed by atoms with Gasteiger partial charge in [0.05, 0.1) is 5.60 Å². The molecule has 2 rings (SSSR count). The molecule has 0 radical (unpaired) electrons. The second-order valence-electron chi connectivity index (χ2n) is 7.49. The van der Waals surface area contributed by atoms with Gasteiger partial charge >= 0.3 is 5.97 Å². The molecule has 3 nitrogen and oxygen atoms in total. The van der Waals surface area contributed by atoms with Crippen LogP contribution in [0.5, 0.6) is 0 Å². The van der Waals surface area contributed by atoms with Gasteiger partial charge in [0.15, 0.2) is 0 Å². The van der Waals surface area contributed by atoms with Crippen molar-refractivity contribution < 1.29 is 14.6 Å². The minimum Gasteiger partial charge on any atom is -0.458 e. The van der Waals surface area contributed by atoms with Crippen LogP contribution in [0.25, 0.3) is 0 Å². The van der Waals surface area contributed by atoms with E-state index in [0.717, 1.165) is 32.1 Å². The first-order chi connectivity index (χ1) is 10.8. The molecule has 0 aromatic heterocycles. The van der Waals surface area contributed by atoms with Gasteiger partial charge in [0.1, 0.15) is 6.10 Å². The van der Waals surface area contributed by atoms with E-state index >= 15 is 0 Å². The smallest absolute Gasteiger partial charge is 0.334 e. The summed E-state index contributed by atoms with van der Waals surface area (Å²) in [6.45, 7) is 10.1. The molecule has 1 fully saturated rings. The van der Waals surface area contributed by atoms with Crippen LogP contribution in [-0.2, 0) is 9.53 Å². The fourth-order valence-electron chi connectivity index (χ4n) is 3.51. The van der Waals surface area contributed by atoms with Crippen LogP contribution >= 0.6 is 0 Å². The fraction of sp³-hybridized carbons (Fsp3) is 0.650. The quantitative estimate of drug-likeness (QED) is 0.407. The van der Waals surface area contributed by atoms with E-state index in [1.165, 1.54) is 11.1 Å². The summed E-state index contributed by atoms with van der Waals surface area (Å²) >= 11 is 0. The summed E-state index contributed by atoms with van der Waals surface area (Å²) in [4.78, 5) is 11.9. The Morgan fingerprint density at radius 1 is 1.22 bits per heavy atom. The third kappa shape index (κ3) is 5.07. The summed E-state index contributed by atoms with van der Waals surface area (Å²) in [5.74, 6) is -0.268. The van der Waals surface area contributed by atoms with Gasteiger partial charge in [-0.15, -0.1) is 0 Å². The molecule has 3 heteroatoms. The number of aliphatic hydroxyl groups is 1. The highest BCUT2D eigenvalue weighted by Gasteiger charge is 2.41. The number of carbonyl (C=O) groups is 1. The van der Waals surface area contributed by atoms with Gasteiger partial charge in [0.2, 0.25) is 0 Å². The lowest BCUT2D eigenvalue weighted by Gasteiger charge is -2.28. The van der Waals surface area contributed by atoms with Crippen LogP contribution < -0.4 is 0 Å². The molecule has 128 valence electrons. The molecule has 0 spiro atoms. The van der Waals surface area contributed by atoms with Gasteiger partial charge in [-0.3, -0.25) is 0 Å². The van der Waals surface area contributed by atoms with Gasteiger partial charge in [0.25, 0.3) is 0 Å². The summed E-state index contributed by atoms with van der Waals surface area (Å²) < 4.78 is 5.50. The first-order valence-electron chi connectivity index (χ1n) is 8.72. The van der Waals surface area contributed by atoms with Crippen molar-refractivity contribution in [3.05, 3.63) is 35.5 Å². The van der Waals surface area contributed by atoms with E-state index in [4.69, 9.17) is 4.74 Å². The van der Waals surface area contributed by atoms with E-state index in [-0.39, 0.29) is 18.0 Å². The molecule has 23 heavy (non-hydrogen) atoms. The molecular weight excluding hydrogens is 288 g/mol. The van der Waals surface area contributed by atoms with Crippen LogP contribution in [0.1, 0.15) is 65.7 Å². The first kappa shape index (κ1) is 18.0. The summed E-state index contributed by atoms with van der Waals surface area (Å²) in [6.07, 6.45) is 10.2. The Bertz CT molecular complexity index is 525. The van der Waals surface area contributed by atoms with Crippen LogP contribution in [0.15, 0.2) is 35.5 Å². The zero-order valence-electron chi connectivity index (χ0n) is 14.7. The maximum Gasteiger partial charge on any atom is 0.334 e. The van der Waals surface area contributed by atoms with Crippen LogP contribution in [0, 0.1) is 5.92 Å². The van der Waals surface area contributed by atoms with Gasteiger partial charge < -0.3 is 9.84 Å².